The van der Waals surface area contributed by atoms with Gasteiger partial charge in [-0.15, -0.1) is 0 Å². The Bertz CT molecular complexity index is 391. The third-order valence-electron chi connectivity index (χ3n) is 2.41. The van der Waals surface area contributed by atoms with E-state index in [0.717, 1.165) is 6.42 Å². The molecule has 5 heteroatoms. The number of anilines is 1. The van der Waals surface area contributed by atoms with Crippen molar-refractivity contribution in [1.29, 1.82) is 0 Å². The molecule has 1 rings (SSSR count). The number of nitrogens with one attached hydrogen (secondary N) is 1. The van der Waals surface area contributed by atoms with Crippen LogP contribution in [0.25, 0.3) is 0 Å². The van der Waals surface area contributed by atoms with E-state index in [2.05, 4.69) is 10.3 Å². The summed E-state index contributed by atoms with van der Waals surface area (Å²) in [6.07, 6.45) is 1.57. The van der Waals surface area contributed by atoms with Crippen molar-refractivity contribution >= 4 is 11.8 Å². The van der Waals surface area contributed by atoms with Crippen LogP contribution in [0.3, 0.4) is 0 Å². The van der Waals surface area contributed by atoms with E-state index in [-0.39, 0.29) is 5.69 Å². The van der Waals surface area contributed by atoms with Gasteiger partial charge in [0.2, 0.25) is 0 Å². The van der Waals surface area contributed by atoms with Crippen LogP contribution in [0.1, 0.15) is 37.2 Å². The highest BCUT2D eigenvalue weighted by atomic mass is 16.4. The molecule has 0 aliphatic carbocycles. The lowest BCUT2D eigenvalue weighted by molar-refractivity contribution is 0.0636. The van der Waals surface area contributed by atoms with Crippen molar-refractivity contribution in [2.24, 2.45) is 0 Å². The zero-order chi connectivity index (χ0) is 12.9. The Kier molecular flexibility index (Phi) is 4.45. The van der Waals surface area contributed by atoms with Crippen LogP contribution in [0.5, 0.6) is 0 Å². The summed E-state index contributed by atoms with van der Waals surface area (Å²) < 4.78 is 0. The summed E-state index contributed by atoms with van der Waals surface area (Å²) in [7, 11) is 0. The average molecular weight is 238 g/mol. The van der Waals surface area contributed by atoms with Crippen molar-refractivity contribution in [3.05, 3.63) is 23.9 Å². The van der Waals surface area contributed by atoms with Gasteiger partial charge in [0.25, 0.3) is 0 Å². The smallest absolute Gasteiger partial charge is 0.354 e. The standard InChI is InChI=1S/C12H18N2O3/c1-3-7-12(2,17)8-13-10-6-4-5-9(14-10)11(15)16/h4-6,17H,3,7-8H2,1-2H3,(H,13,14)(H,15,16). The molecule has 0 saturated carbocycles. The summed E-state index contributed by atoms with van der Waals surface area (Å²) in [6, 6.07) is 4.72. The Labute approximate surface area is 101 Å². The first-order chi connectivity index (χ1) is 7.94. The molecule has 17 heavy (non-hydrogen) atoms. The summed E-state index contributed by atoms with van der Waals surface area (Å²) in [6.45, 7) is 4.08. The van der Waals surface area contributed by atoms with Gasteiger partial charge >= 0.3 is 5.97 Å². The van der Waals surface area contributed by atoms with Gasteiger partial charge in [-0.3, -0.25) is 0 Å². The third kappa shape index (κ3) is 4.40. The summed E-state index contributed by atoms with van der Waals surface area (Å²) in [5.41, 5.74) is -0.819. The number of aliphatic hydroxyl groups is 1. The lowest BCUT2D eigenvalue weighted by Crippen LogP contribution is -2.33. The summed E-state index contributed by atoms with van der Waals surface area (Å²) in [5, 5.41) is 21.7. The molecule has 0 fully saturated rings. The highest BCUT2D eigenvalue weighted by molar-refractivity contribution is 5.85. The van der Waals surface area contributed by atoms with Crippen molar-refractivity contribution in [2.75, 3.05) is 11.9 Å². The largest absolute Gasteiger partial charge is 0.477 e. The monoisotopic (exact) mass is 238 g/mol. The second-order valence-corrected chi connectivity index (χ2v) is 4.31. The first kappa shape index (κ1) is 13.4. The molecule has 94 valence electrons. The van der Waals surface area contributed by atoms with Crippen molar-refractivity contribution < 1.29 is 15.0 Å². The summed E-state index contributed by atoms with van der Waals surface area (Å²) >= 11 is 0. The molecule has 1 unspecified atom stereocenters. The summed E-state index contributed by atoms with van der Waals surface area (Å²) in [5.74, 6) is -0.602. The number of pyridine rings is 1. The van der Waals surface area contributed by atoms with E-state index in [1.807, 2.05) is 6.92 Å². The van der Waals surface area contributed by atoms with E-state index in [1.54, 1.807) is 19.1 Å². The molecule has 1 atom stereocenters. The maximum absolute atomic E-state index is 10.7. The number of carbonyl (C=O) groups is 1. The fraction of sp³-hybridized carbons (Fsp3) is 0.500. The zero-order valence-electron chi connectivity index (χ0n) is 10.1. The lowest BCUT2D eigenvalue weighted by atomic mass is 10.0. The quantitative estimate of drug-likeness (QED) is 0.703. The van der Waals surface area contributed by atoms with Crippen LogP contribution in [-0.2, 0) is 0 Å². The van der Waals surface area contributed by atoms with Gasteiger partial charge < -0.3 is 15.5 Å². The molecule has 1 aromatic heterocycles. The maximum atomic E-state index is 10.7. The number of nitrogens with zero attached hydrogens (tertiary/aromatic N) is 1. The number of rotatable bonds is 6. The fourth-order valence-electron chi connectivity index (χ4n) is 1.56. The molecular weight excluding hydrogens is 220 g/mol. The molecule has 1 heterocycles. The normalized spacial score (nSPS) is 14.1. The minimum atomic E-state index is -1.06. The molecule has 0 amide bonds. The second-order valence-electron chi connectivity index (χ2n) is 4.31. The first-order valence-electron chi connectivity index (χ1n) is 5.61. The number of aromatic carboxylic acids is 1. The molecular formula is C12H18N2O3. The van der Waals surface area contributed by atoms with Gasteiger partial charge in [0.05, 0.1) is 5.60 Å². The van der Waals surface area contributed by atoms with Crippen LogP contribution in [0.2, 0.25) is 0 Å². The maximum Gasteiger partial charge on any atom is 0.354 e. The molecule has 0 aromatic carbocycles. The van der Waals surface area contributed by atoms with E-state index >= 15 is 0 Å². The van der Waals surface area contributed by atoms with E-state index in [4.69, 9.17) is 5.11 Å². The third-order valence-corrected chi connectivity index (χ3v) is 2.41. The number of hydrogen-bond donors (Lipinski definition) is 3. The average Bonchev–Trinajstić information content (AvgIpc) is 2.27. The van der Waals surface area contributed by atoms with Gasteiger partial charge in [0, 0.05) is 6.54 Å². The van der Waals surface area contributed by atoms with Crippen LogP contribution in [0.4, 0.5) is 5.82 Å². The topological polar surface area (TPSA) is 82.5 Å². The number of aromatic nitrogens is 1. The summed E-state index contributed by atoms with van der Waals surface area (Å²) in [4.78, 5) is 14.6. The van der Waals surface area contributed by atoms with Gasteiger partial charge in [-0.25, -0.2) is 9.78 Å². The molecule has 0 aliphatic rings. The van der Waals surface area contributed by atoms with Crippen LogP contribution < -0.4 is 5.32 Å². The van der Waals surface area contributed by atoms with Gasteiger partial charge in [-0.05, 0) is 25.5 Å². The highest BCUT2D eigenvalue weighted by Crippen LogP contribution is 2.13. The molecule has 5 nitrogen and oxygen atoms in total. The minimum absolute atomic E-state index is 0.00913. The first-order valence-corrected chi connectivity index (χ1v) is 5.61. The predicted molar refractivity (Wildman–Crippen MR) is 65.2 cm³/mol. The van der Waals surface area contributed by atoms with E-state index in [9.17, 15) is 9.90 Å². The van der Waals surface area contributed by atoms with Crippen LogP contribution in [-0.4, -0.2) is 33.3 Å². The minimum Gasteiger partial charge on any atom is -0.477 e. The Morgan fingerprint density at radius 3 is 2.82 bits per heavy atom. The molecule has 0 bridgehead atoms. The van der Waals surface area contributed by atoms with Crippen LogP contribution in [0.15, 0.2) is 18.2 Å². The van der Waals surface area contributed by atoms with Crippen molar-refractivity contribution in [3.8, 4) is 0 Å². The van der Waals surface area contributed by atoms with Gasteiger partial charge in [-0.2, -0.15) is 0 Å². The molecule has 3 N–H and O–H groups in total. The van der Waals surface area contributed by atoms with Crippen molar-refractivity contribution in [1.82, 2.24) is 4.98 Å². The van der Waals surface area contributed by atoms with Crippen molar-refractivity contribution in [3.63, 3.8) is 0 Å². The second kappa shape index (κ2) is 5.63. The molecule has 0 aliphatic heterocycles. The van der Waals surface area contributed by atoms with Gasteiger partial charge in [0.15, 0.2) is 5.69 Å². The number of hydrogen-bond acceptors (Lipinski definition) is 4. The highest BCUT2D eigenvalue weighted by Gasteiger charge is 2.18. The molecule has 1 aromatic rings. The zero-order valence-corrected chi connectivity index (χ0v) is 10.1. The van der Waals surface area contributed by atoms with Gasteiger partial charge in [0.1, 0.15) is 5.82 Å². The van der Waals surface area contributed by atoms with Crippen LogP contribution >= 0.6 is 0 Å². The number of carboxylic acids is 1. The predicted octanol–water partition coefficient (Wildman–Crippen LogP) is 1.74. The Balaban J connectivity index is 2.63. The Hall–Kier alpha value is -1.62. The Morgan fingerprint density at radius 1 is 1.53 bits per heavy atom. The van der Waals surface area contributed by atoms with Gasteiger partial charge in [-0.1, -0.05) is 19.4 Å². The molecule has 0 spiro atoms. The van der Waals surface area contributed by atoms with E-state index in [1.165, 1.54) is 6.07 Å². The molecule has 0 saturated heterocycles. The molecule has 0 radical (unpaired) electrons. The SMILES string of the molecule is CCCC(C)(O)CNc1cccc(C(=O)O)n1. The van der Waals surface area contributed by atoms with Crippen LogP contribution in [0, 0.1) is 0 Å². The van der Waals surface area contributed by atoms with E-state index < -0.39 is 11.6 Å². The Morgan fingerprint density at radius 2 is 2.24 bits per heavy atom. The van der Waals surface area contributed by atoms with Crippen molar-refractivity contribution in [2.45, 2.75) is 32.3 Å². The lowest BCUT2D eigenvalue weighted by Gasteiger charge is -2.23. The fourth-order valence-corrected chi connectivity index (χ4v) is 1.56. The van der Waals surface area contributed by atoms with E-state index in [0.29, 0.717) is 18.8 Å². The number of carboxylic acid groups (broad SMARTS) is 1.